The van der Waals surface area contributed by atoms with Crippen LogP contribution < -0.4 is 0 Å². The molecule has 1 aromatic rings. The highest BCUT2D eigenvalue weighted by molar-refractivity contribution is 9.10. The van der Waals surface area contributed by atoms with Crippen molar-refractivity contribution in [3.63, 3.8) is 0 Å². The van der Waals surface area contributed by atoms with E-state index in [1.165, 1.54) is 31.5 Å². The molecule has 1 aliphatic heterocycles. The number of hydrogen-bond donors (Lipinski definition) is 1. The Balaban J connectivity index is 2.17. The van der Waals surface area contributed by atoms with Crippen LogP contribution in [0.15, 0.2) is 22.7 Å². The van der Waals surface area contributed by atoms with Crippen LogP contribution >= 0.6 is 15.9 Å². The van der Waals surface area contributed by atoms with Gasteiger partial charge in [-0.25, -0.2) is 0 Å². The normalized spacial score (nSPS) is 19.3. The Morgan fingerprint density at radius 3 is 2.60 bits per heavy atom. The van der Waals surface area contributed by atoms with Crippen LogP contribution in [-0.2, 0) is 0 Å². The third kappa shape index (κ3) is 2.34. The maximum absolute atomic E-state index is 9.43. The fourth-order valence-electron chi connectivity index (χ4n) is 2.12. The lowest BCUT2D eigenvalue weighted by Gasteiger charge is -2.24. The second-order valence-electron chi connectivity index (χ2n) is 4.13. The molecular weight excluding hydrogens is 254 g/mol. The van der Waals surface area contributed by atoms with Crippen molar-refractivity contribution in [2.24, 2.45) is 0 Å². The van der Waals surface area contributed by atoms with Crippen LogP contribution in [0.5, 0.6) is 5.75 Å². The zero-order valence-corrected chi connectivity index (χ0v) is 10.5. The average Bonchev–Trinajstić information content (AvgIpc) is 2.74. The minimum absolute atomic E-state index is 0.312. The van der Waals surface area contributed by atoms with Crippen molar-refractivity contribution < 1.29 is 5.11 Å². The summed E-state index contributed by atoms with van der Waals surface area (Å²) in [4.78, 5) is 2.48. The van der Waals surface area contributed by atoms with Crippen molar-refractivity contribution in [2.75, 3.05) is 13.1 Å². The lowest BCUT2D eigenvalue weighted by Crippen LogP contribution is -2.23. The second kappa shape index (κ2) is 4.54. The molecule has 0 bridgehead atoms. The van der Waals surface area contributed by atoms with E-state index in [2.05, 4.69) is 27.8 Å². The molecule has 1 aliphatic rings. The molecule has 1 fully saturated rings. The quantitative estimate of drug-likeness (QED) is 0.891. The molecule has 2 nitrogen and oxygen atoms in total. The topological polar surface area (TPSA) is 23.5 Å². The van der Waals surface area contributed by atoms with Crippen LogP contribution in [0.4, 0.5) is 0 Å². The summed E-state index contributed by atoms with van der Waals surface area (Å²) in [6, 6.07) is 6.22. The molecule has 0 radical (unpaired) electrons. The number of halogens is 1. The predicted molar refractivity (Wildman–Crippen MR) is 65.0 cm³/mol. The first-order valence-corrected chi connectivity index (χ1v) is 6.20. The Kier molecular flexibility index (Phi) is 3.32. The fraction of sp³-hybridized carbons (Fsp3) is 0.500. The highest BCUT2D eigenvalue weighted by Gasteiger charge is 2.19. The van der Waals surface area contributed by atoms with Crippen molar-refractivity contribution in [1.82, 2.24) is 4.90 Å². The summed E-state index contributed by atoms with van der Waals surface area (Å²) in [5, 5.41) is 9.43. The molecule has 3 heteroatoms. The Morgan fingerprint density at radius 2 is 2.00 bits per heavy atom. The van der Waals surface area contributed by atoms with E-state index in [9.17, 15) is 5.11 Å². The third-order valence-electron chi connectivity index (χ3n) is 3.14. The summed E-state index contributed by atoms with van der Waals surface area (Å²) in [5.41, 5.74) is 1.27. The lowest BCUT2D eigenvalue weighted by atomic mass is 10.1. The Hall–Kier alpha value is -0.540. The maximum Gasteiger partial charge on any atom is 0.129 e. The Labute approximate surface area is 99.0 Å². The molecule has 82 valence electrons. The van der Waals surface area contributed by atoms with Crippen LogP contribution in [0.2, 0.25) is 0 Å². The van der Waals surface area contributed by atoms with E-state index in [0.29, 0.717) is 11.8 Å². The zero-order chi connectivity index (χ0) is 10.8. The maximum atomic E-state index is 9.43. The minimum Gasteiger partial charge on any atom is -0.507 e. The first-order chi connectivity index (χ1) is 7.18. The van der Waals surface area contributed by atoms with Gasteiger partial charge >= 0.3 is 0 Å². The summed E-state index contributed by atoms with van der Waals surface area (Å²) in [7, 11) is 0. The summed E-state index contributed by atoms with van der Waals surface area (Å²) < 4.78 is 0.783. The smallest absolute Gasteiger partial charge is 0.129 e. The molecule has 0 aliphatic carbocycles. The largest absolute Gasteiger partial charge is 0.507 e. The number of phenolic OH excluding ortho intramolecular Hbond substituents is 1. The van der Waals surface area contributed by atoms with Gasteiger partial charge in [0.1, 0.15) is 5.75 Å². The predicted octanol–water partition coefficient (Wildman–Crippen LogP) is 3.31. The monoisotopic (exact) mass is 269 g/mol. The van der Waals surface area contributed by atoms with Crippen LogP contribution in [0, 0.1) is 0 Å². The molecule has 1 N–H and O–H groups in total. The van der Waals surface area contributed by atoms with Gasteiger partial charge in [-0.05, 0) is 66.5 Å². The van der Waals surface area contributed by atoms with Gasteiger partial charge in [0.05, 0.1) is 4.47 Å². The first-order valence-electron chi connectivity index (χ1n) is 5.41. The number of rotatable bonds is 2. The molecule has 1 unspecified atom stereocenters. The SMILES string of the molecule is CC(c1ccc(O)c(Br)c1)N1CCCC1. The number of likely N-dealkylation sites (tertiary alicyclic amines) is 1. The van der Waals surface area contributed by atoms with E-state index in [1.54, 1.807) is 6.07 Å². The van der Waals surface area contributed by atoms with Crippen molar-refractivity contribution in [3.05, 3.63) is 28.2 Å². The molecule has 15 heavy (non-hydrogen) atoms. The highest BCUT2D eigenvalue weighted by Crippen LogP contribution is 2.30. The lowest BCUT2D eigenvalue weighted by molar-refractivity contribution is 0.263. The average molecular weight is 270 g/mol. The van der Waals surface area contributed by atoms with E-state index >= 15 is 0 Å². The fourth-order valence-corrected chi connectivity index (χ4v) is 2.52. The van der Waals surface area contributed by atoms with Gasteiger partial charge in [-0.15, -0.1) is 0 Å². The molecule has 0 amide bonds. The molecular formula is C12H16BrNO. The third-order valence-corrected chi connectivity index (χ3v) is 3.78. The van der Waals surface area contributed by atoms with Gasteiger partial charge in [-0.2, -0.15) is 0 Å². The van der Waals surface area contributed by atoms with Gasteiger partial charge in [0.15, 0.2) is 0 Å². The van der Waals surface area contributed by atoms with Crippen molar-refractivity contribution in [3.8, 4) is 5.75 Å². The number of phenols is 1. The highest BCUT2D eigenvalue weighted by atomic mass is 79.9. The first kappa shape index (κ1) is 11.0. The standard InChI is InChI=1S/C12H16BrNO/c1-9(14-6-2-3-7-14)10-4-5-12(15)11(13)8-10/h4-5,8-9,15H,2-3,6-7H2,1H3. The van der Waals surface area contributed by atoms with Gasteiger partial charge in [-0.3, -0.25) is 4.90 Å². The molecule has 1 saturated heterocycles. The van der Waals surface area contributed by atoms with Crippen LogP contribution in [-0.4, -0.2) is 23.1 Å². The molecule has 0 aromatic heterocycles. The van der Waals surface area contributed by atoms with Crippen LogP contribution in [0.3, 0.4) is 0 Å². The summed E-state index contributed by atoms with van der Waals surface area (Å²) in [6.45, 7) is 4.61. The van der Waals surface area contributed by atoms with Gasteiger partial charge in [-0.1, -0.05) is 6.07 Å². The molecule has 1 atom stereocenters. The van der Waals surface area contributed by atoms with Crippen molar-refractivity contribution >= 4 is 15.9 Å². The molecule has 2 rings (SSSR count). The number of nitrogens with zero attached hydrogens (tertiary/aromatic N) is 1. The minimum atomic E-state index is 0.312. The van der Waals surface area contributed by atoms with E-state index in [-0.39, 0.29) is 0 Å². The van der Waals surface area contributed by atoms with Gasteiger partial charge in [0.2, 0.25) is 0 Å². The molecule has 1 heterocycles. The zero-order valence-electron chi connectivity index (χ0n) is 8.91. The molecule has 0 saturated carbocycles. The summed E-state index contributed by atoms with van der Waals surface area (Å²) in [6.07, 6.45) is 2.62. The Morgan fingerprint density at radius 1 is 1.33 bits per heavy atom. The van der Waals surface area contributed by atoms with E-state index < -0.39 is 0 Å². The van der Waals surface area contributed by atoms with Crippen molar-refractivity contribution in [1.29, 1.82) is 0 Å². The molecule has 1 aromatic carbocycles. The van der Waals surface area contributed by atoms with Gasteiger partial charge < -0.3 is 5.11 Å². The van der Waals surface area contributed by atoms with E-state index in [1.807, 2.05) is 12.1 Å². The van der Waals surface area contributed by atoms with Gasteiger partial charge in [0, 0.05) is 6.04 Å². The van der Waals surface area contributed by atoms with Crippen molar-refractivity contribution in [2.45, 2.75) is 25.8 Å². The Bertz CT molecular complexity index is 347. The van der Waals surface area contributed by atoms with Crippen LogP contribution in [0.25, 0.3) is 0 Å². The van der Waals surface area contributed by atoms with E-state index in [0.717, 1.165) is 4.47 Å². The molecule has 0 spiro atoms. The second-order valence-corrected chi connectivity index (χ2v) is 4.98. The summed E-state index contributed by atoms with van der Waals surface area (Å²) in [5.74, 6) is 0.312. The van der Waals surface area contributed by atoms with E-state index in [4.69, 9.17) is 0 Å². The number of hydrogen-bond acceptors (Lipinski definition) is 2. The number of aromatic hydroxyl groups is 1. The van der Waals surface area contributed by atoms with Crippen LogP contribution in [0.1, 0.15) is 31.4 Å². The summed E-state index contributed by atoms with van der Waals surface area (Å²) >= 11 is 3.35. The number of benzene rings is 1. The van der Waals surface area contributed by atoms with Gasteiger partial charge in [0.25, 0.3) is 0 Å².